The van der Waals surface area contributed by atoms with Gasteiger partial charge in [-0.15, -0.1) is 0 Å². The van der Waals surface area contributed by atoms with E-state index in [1.807, 2.05) is 24.3 Å². The Morgan fingerprint density at radius 3 is 3.15 bits per heavy atom. The fourth-order valence-electron chi connectivity index (χ4n) is 2.23. The van der Waals surface area contributed by atoms with Crippen molar-refractivity contribution in [3.8, 4) is 5.75 Å². The maximum absolute atomic E-state index is 11.1. The minimum absolute atomic E-state index is 0.0443. The summed E-state index contributed by atoms with van der Waals surface area (Å²) >= 11 is 0. The van der Waals surface area contributed by atoms with Crippen molar-refractivity contribution in [1.29, 1.82) is 0 Å². The number of hydrogen-bond acceptors (Lipinski definition) is 5. The fraction of sp³-hybridized carbons (Fsp3) is 0.214. The highest BCUT2D eigenvalue weighted by Gasteiger charge is 2.23. The maximum Gasteiger partial charge on any atom is 0.339 e. The second kappa shape index (κ2) is 5.26. The van der Waals surface area contributed by atoms with Gasteiger partial charge in [0.15, 0.2) is 0 Å². The third-order valence-corrected chi connectivity index (χ3v) is 3.24. The van der Waals surface area contributed by atoms with E-state index in [0.717, 1.165) is 11.3 Å². The van der Waals surface area contributed by atoms with E-state index >= 15 is 0 Å². The van der Waals surface area contributed by atoms with E-state index in [-0.39, 0.29) is 11.6 Å². The molecule has 102 valence electrons. The van der Waals surface area contributed by atoms with Crippen LogP contribution in [0.25, 0.3) is 0 Å². The molecule has 2 N–H and O–H groups in total. The first-order chi connectivity index (χ1) is 9.75. The minimum Gasteiger partial charge on any atom is -0.491 e. The summed E-state index contributed by atoms with van der Waals surface area (Å²) in [7, 11) is 0. The van der Waals surface area contributed by atoms with Gasteiger partial charge in [-0.1, -0.05) is 18.2 Å². The average Bonchev–Trinajstić information content (AvgIpc) is 2.88. The predicted molar refractivity (Wildman–Crippen MR) is 70.5 cm³/mol. The SMILES string of the molecule is O=C(O)c1cncnc1CNC1COc2ccccc21. The van der Waals surface area contributed by atoms with Crippen molar-refractivity contribution < 1.29 is 14.6 Å². The molecule has 6 heteroatoms. The number of carbonyl (C=O) groups is 1. The predicted octanol–water partition coefficient (Wildman–Crippen LogP) is 1.40. The fourth-order valence-corrected chi connectivity index (χ4v) is 2.23. The molecule has 0 saturated heterocycles. The van der Waals surface area contributed by atoms with Gasteiger partial charge in [-0.25, -0.2) is 14.8 Å². The van der Waals surface area contributed by atoms with Crippen LogP contribution in [0.5, 0.6) is 5.75 Å². The van der Waals surface area contributed by atoms with Gasteiger partial charge in [0.1, 0.15) is 24.2 Å². The third-order valence-electron chi connectivity index (χ3n) is 3.24. The Morgan fingerprint density at radius 1 is 1.45 bits per heavy atom. The number of benzene rings is 1. The van der Waals surface area contributed by atoms with Gasteiger partial charge in [0.05, 0.1) is 11.7 Å². The Labute approximate surface area is 115 Å². The molecule has 0 bridgehead atoms. The number of aromatic nitrogens is 2. The van der Waals surface area contributed by atoms with Gasteiger partial charge in [0.2, 0.25) is 0 Å². The Morgan fingerprint density at radius 2 is 2.30 bits per heavy atom. The van der Waals surface area contributed by atoms with Crippen LogP contribution in [0.2, 0.25) is 0 Å². The Bertz CT molecular complexity index is 645. The topological polar surface area (TPSA) is 84.3 Å². The number of ether oxygens (including phenoxy) is 1. The standard InChI is InChI=1S/C14H13N3O3/c18-14(19)10-5-15-8-17-11(10)6-16-12-7-20-13-4-2-1-3-9(12)13/h1-5,8,12,16H,6-7H2,(H,18,19). The number of nitrogens with zero attached hydrogens (tertiary/aromatic N) is 2. The zero-order valence-corrected chi connectivity index (χ0v) is 10.6. The zero-order valence-electron chi connectivity index (χ0n) is 10.6. The Balaban J connectivity index is 1.74. The van der Waals surface area contributed by atoms with Crippen LogP contribution in [0.15, 0.2) is 36.8 Å². The summed E-state index contributed by atoms with van der Waals surface area (Å²) in [5.74, 6) is -0.156. The first-order valence-electron chi connectivity index (χ1n) is 6.23. The molecule has 0 spiro atoms. The smallest absolute Gasteiger partial charge is 0.339 e. The average molecular weight is 271 g/mol. The molecule has 1 aliphatic rings. The number of fused-ring (bicyclic) bond motifs is 1. The van der Waals surface area contributed by atoms with E-state index in [2.05, 4.69) is 15.3 Å². The Kier molecular flexibility index (Phi) is 3.30. The van der Waals surface area contributed by atoms with Crippen molar-refractivity contribution in [2.75, 3.05) is 6.61 Å². The van der Waals surface area contributed by atoms with Gasteiger partial charge in [-0.3, -0.25) is 0 Å². The van der Waals surface area contributed by atoms with Crippen molar-refractivity contribution in [3.05, 3.63) is 53.6 Å². The van der Waals surface area contributed by atoms with E-state index < -0.39 is 5.97 Å². The van der Waals surface area contributed by atoms with Crippen LogP contribution in [0.3, 0.4) is 0 Å². The lowest BCUT2D eigenvalue weighted by atomic mass is 10.1. The zero-order chi connectivity index (χ0) is 13.9. The van der Waals surface area contributed by atoms with Gasteiger partial charge in [0, 0.05) is 18.3 Å². The number of rotatable bonds is 4. The summed E-state index contributed by atoms with van der Waals surface area (Å²) in [6.45, 7) is 0.888. The normalized spacial score (nSPS) is 16.5. The van der Waals surface area contributed by atoms with Crippen LogP contribution in [0.4, 0.5) is 0 Å². The van der Waals surface area contributed by atoms with Crippen LogP contribution < -0.4 is 10.1 Å². The van der Waals surface area contributed by atoms with E-state index in [0.29, 0.717) is 18.8 Å². The highest BCUT2D eigenvalue weighted by Crippen LogP contribution is 2.31. The maximum atomic E-state index is 11.1. The van der Waals surface area contributed by atoms with Crippen LogP contribution in [-0.4, -0.2) is 27.7 Å². The van der Waals surface area contributed by atoms with Crippen molar-refractivity contribution in [2.45, 2.75) is 12.6 Å². The van der Waals surface area contributed by atoms with Gasteiger partial charge >= 0.3 is 5.97 Å². The molecular weight excluding hydrogens is 258 g/mol. The minimum atomic E-state index is -1.02. The molecule has 0 aliphatic carbocycles. The van der Waals surface area contributed by atoms with E-state index in [1.165, 1.54) is 12.5 Å². The van der Waals surface area contributed by atoms with Gasteiger partial charge in [-0.2, -0.15) is 0 Å². The second-order valence-corrected chi connectivity index (χ2v) is 4.47. The van der Waals surface area contributed by atoms with Crippen LogP contribution in [-0.2, 0) is 6.54 Å². The van der Waals surface area contributed by atoms with E-state index in [4.69, 9.17) is 9.84 Å². The number of hydrogen-bond donors (Lipinski definition) is 2. The summed E-state index contributed by atoms with van der Waals surface area (Å²) in [6.07, 6.45) is 2.66. The molecule has 0 amide bonds. The summed E-state index contributed by atoms with van der Waals surface area (Å²) in [6, 6.07) is 7.84. The Hall–Kier alpha value is -2.47. The molecule has 1 aliphatic heterocycles. The molecule has 0 saturated carbocycles. The highest BCUT2D eigenvalue weighted by atomic mass is 16.5. The van der Waals surface area contributed by atoms with Crippen LogP contribution >= 0.6 is 0 Å². The molecule has 2 aromatic rings. The highest BCUT2D eigenvalue weighted by molar-refractivity contribution is 5.88. The largest absolute Gasteiger partial charge is 0.491 e. The molecule has 6 nitrogen and oxygen atoms in total. The molecule has 2 heterocycles. The van der Waals surface area contributed by atoms with Crippen molar-refractivity contribution in [2.24, 2.45) is 0 Å². The summed E-state index contributed by atoms with van der Waals surface area (Å²) < 4.78 is 5.57. The molecule has 1 aromatic heterocycles. The first-order valence-corrected chi connectivity index (χ1v) is 6.23. The van der Waals surface area contributed by atoms with E-state index in [9.17, 15) is 4.79 Å². The second-order valence-electron chi connectivity index (χ2n) is 4.47. The molecule has 1 atom stereocenters. The summed E-state index contributed by atoms with van der Waals surface area (Å²) in [4.78, 5) is 18.8. The molecule has 3 rings (SSSR count). The lowest BCUT2D eigenvalue weighted by molar-refractivity contribution is 0.0694. The molecule has 1 unspecified atom stereocenters. The number of para-hydroxylation sites is 1. The number of carboxylic acids is 1. The van der Waals surface area contributed by atoms with Crippen molar-refractivity contribution >= 4 is 5.97 Å². The lowest BCUT2D eigenvalue weighted by Crippen LogP contribution is -2.24. The van der Waals surface area contributed by atoms with Crippen molar-refractivity contribution in [3.63, 3.8) is 0 Å². The molecular formula is C14H13N3O3. The number of nitrogens with one attached hydrogen (secondary N) is 1. The monoisotopic (exact) mass is 271 g/mol. The van der Waals surface area contributed by atoms with Crippen molar-refractivity contribution in [1.82, 2.24) is 15.3 Å². The molecule has 20 heavy (non-hydrogen) atoms. The molecule has 0 fully saturated rings. The number of carboxylic acid groups (broad SMARTS) is 1. The first kappa shape index (κ1) is 12.6. The van der Waals surface area contributed by atoms with Gasteiger partial charge in [0.25, 0.3) is 0 Å². The van der Waals surface area contributed by atoms with Gasteiger partial charge in [-0.05, 0) is 6.07 Å². The number of aromatic carboxylic acids is 1. The van der Waals surface area contributed by atoms with E-state index in [1.54, 1.807) is 0 Å². The van der Waals surface area contributed by atoms with Crippen LogP contribution in [0, 0.1) is 0 Å². The molecule has 1 aromatic carbocycles. The lowest BCUT2D eigenvalue weighted by Gasteiger charge is -2.12. The van der Waals surface area contributed by atoms with Gasteiger partial charge < -0.3 is 15.2 Å². The third kappa shape index (κ3) is 2.33. The quantitative estimate of drug-likeness (QED) is 0.874. The summed E-state index contributed by atoms with van der Waals surface area (Å²) in [5, 5.41) is 12.4. The summed E-state index contributed by atoms with van der Waals surface area (Å²) in [5.41, 5.74) is 1.67. The molecule has 0 radical (unpaired) electrons. The van der Waals surface area contributed by atoms with Crippen LogP contribution in [0.1, 0.15) is 27.7 Å².